The van der Waals surface area contributed by atoms with Crippen molar-refractivity contribution in [1.82, 2.24) is 9.78 Å². The second-order valence-corrected chi connectivity index (χ2v) is 5.16. The molecule has 0 aliphatic rings. The topological polar surface area (TPSA) is 65.1 Å². The fraction of sp³-hybridized carbons (Fsp3) is 0.400. The summed E-state index contributed by atoms with van der Waals surface area (Å²) in [5.41, 5.74) is 8.71. The fourth-order valence-corrected chi connectivity index (χ4v) is 1.97. The minimum absolute atomic E-state index is 0.136. The largest absolute Gasteiger partial charge is 0.491 e. The Balaban J connectivity index is 1.93. The van der Waals surface area contributed by atoms with Crippen molar-refractivity contribution in [2.24, 2.45) is 0 Å². The average molecular weight is 274 g/mol. The average Bonchev–Trinajstić information content (AvgIpc) is 2.73. The predicted octanol–water partition coefficient (Wildman–Crippen LogP) is 2.67. The summed E-state index contributed by atoms with van der Waals surface area (Å²) in [6.45, 7) is 7.62. The van der Waals surface area contributed by atoms with Crippen molar-refractivity contribution in [3.05, 3.63) is 36.2 Å². The maximum absolute atomic E-state index is 5.88. The SMILES string of the molecule is Cc1cnn(CCNc2cc(N)cc(OC(C)C)c2)c1. The highest BCUT2D eigenvalue weighted by molar-refractivity contribution is 5.59. The van der Waals surface area contributed by atoms with Crippen molar-refractivity contribution in [2.75, 3.05) is 17.6 Å². The van der Waals surface area contributed by atoms with Gasteiger partial charge in [-0.3, -0.25) is 4.68 Å². The molecule has 0 saturated heterocycles. The number of hydrogen-bond acceptors (Lipinski definition) is 4. The van der Waals surface area contributed by atoms with Gasteiger partial charge in [0.15, 0.2) is 0 Å². The van der Waals surface area contributed by atoms with Crippen LogP contribution < -0.4 is 15.8 Å². The van der Waals surface area contributed by atoms with Crippen LogP contribution in [0.1, 0.15) is 19.4 Å². The normalized spacial score (nSPS) is 10.8. The first kappa shape index (κ1) is 14.2. The molecule has 5 heteroatoms. The Hall–Kier alpha value is -2.17. The van der Waals surface area contributed by atoms with Gasteiger partial charge < -0.3 is 15.8 Å². The van der Waals surface area contributed by atoms with Crippen LogP contribution in [0.2, 0.25) is 0 Å². The first-order chi connectivity index (χ1) is 9.52. The van der Waals surface area contributed by atoms with Crippen LogP contribution in [0, 0.1) is 6.92 Å². The summed E-state index contributed by atoms with van der Waals surface area (Å²) in [5, 5.41) is 7.58. The number of benzene rings is 1. The van der Waals surface area contributed by atoms with Gasteiger partial charge >= 0.3 is 0 Å². The van der Waals surface area contributed by atoms with Gasteiger partial charge in [-0.2, -0.15) is 5.10 Å². The molecule has 0 saturated carbocycles. The van der Waals surface area contributed by atoms with Gasteiger partial charge in [-0.1, -0.05) is 0 Å². The van der Waals surface area contributed by atoms with E-state index in [1.807, 2.05) is 56.0 Å². The molecule has 1 aromatic carbocycles. The van der Waals surface area contributed by atoms with Crippen LogP contribution in [0.3, 0.4) is 0 Å². The van der Waals surface area contributed by atoms with Gasteiger partial charge in [0, 0.05) is 36.2 Å². The number of nitrogens with one attached hydrogen (secondary N) is 1. The van der Waals surface area contributed by atoms with Crippen molar-refractivity contribution < 1.29 is 4.74 Å². The van der Waals surface area contributed by atoms with Crippen molar-refractivity contribution in [1.29, 1.82) is 0 Å². The van der Waals surface area contributed by atoms with Crippen molar-refractivity contribution in [2.45, 2.75) is 33.4 Å². The first-order valence-electron chi connectivity index (χ1n) is 6.83. The zero-order chi connectivity index (χ0) is 14.5. The van der Waals surface area contributed by atoms with Gasteiger partial charge in [-0.05, 0) is 32.4 Å². The Morgan fingerprint density at radius 1 is 1.35 bits per heavy atom. The Morgan fingerprint density at radius 3 is 2.80 bits per heavy atom. The summed E-state index contributed by atoms with van der Waals surface area (Å²) in [5.74, 6) is 0.789. The van der Waals surface area contributed by atoms with Gasteiger partial charge in [0.1, 0.15) is 5.75 Å². The molecule has 0 bridgehead atoms. The van der Waals surface area contributed by atoms with Crippen LogP contribution in [0.4, 0.5) is 11.4 Å². The second-order valence-electron chi connectivity index (χ2n) is 5.16. The fourth-order valence-electron chi connectivity index (χ4n) is 1.97. The molecule has 20 heavy (non-hydrogen) atoms. The molecule has 2 rings (SSSR count). The lowest BCUT2D eigenvalue weighted by molar-refractivity contribution is 0.242. The number of rotatable bonds is 6. The lowest BCUT2D eigenvalue weighted by Crippen LogP contribution is -2.11. The third-order valence-corrected chi connectivity index (χ3v) is 2.73. The minimum atomic E-state index is 0.136. The standard InChI is InChI=1S/C15H22N4O/c1-11(2)20-15-7-13(16)6-14(8-15)17-4-5-19-10-12(3)9-18-19/h6-11,17H,4-5,16H2,1-3H3. The van der Waals surface area contributed by atoms with Crippen LogP contribution in [-0.2, 0) is 6.54 Å². The van der Waals surface area contributed by atoms with Gasteiger partial charge in [-0.15, -0.1) is 0 Å². The third kappa shape index (κ3) is 4.19. The summed E-state index contributed by atoms with van der Waals surface area (Å²) in [6.07, 6.45) is 4.01. The van der Waals surface area contributed by atoms with E-state index in [-0.39, 0.29) is 6.10 Å². The number of anilines is 2. The van der Waals surface area contributed by atoms with E-state index in [2.05, 4.69) is 10.4 Å². The minimum Gasteiger partial charge on any atom is -0.491 e. The molecule has 0 atom stereocenters. The number of ether oxygens (including phenoxy) is 1. The van der Waals surface area contributed by atoms with Crippen LogP contribution >= 0.6 is 0 Å². The molecule has 108 valence electrons. The Kier molecular flexibility index (Phi) is 4.50. The third-order valence-electron chi connectivity index (χ3n) is 2.73. The summed E-state index contributed by atoms with van der Waals surface area (Å²) < 4.78 is 7.58. The van der Waals surface area contributed by atoms with E-state index >= 15 is 0 Å². The molecule has 0 spiro atoms. The zero-order valence-electron chi connectivity index (χ0n) is 12.3. The van der Waals surface area contributed by atoms with E-state index < -0.39 is 0 Å². The lowest BCUT2D eigenvalue weighted by atomic mass is 10.2. The van der Waals surface area contributed by atoms with E-state index in [0.29, 0.717) is 5.69 Å². The van der Waals surface area contributed by atoms with Gasteiger partial charge in [0.2, 0.25) is 0 Å². The summed E-state index contributed by atoms with van der Waals surface area (Å²) in [7, 11) is 0. The van der Waals surface area contributed by atoms with Crippen LogP contribution in [-0.4, -0.2) is 22.4 Å². The Labute approximate surface area is 119 Å². The van der Waals surface area contributed by atoms with Crippen LogP contribution in [0.5, 0.6) is 5.75 Å². The molecule has 0 aliphatic heterocycles. The highest BCUT2D eigenvalue weighted by Crippen LogP contribution is 2.23. The van der Waals surface area contributed by atoms with Gasteiger partial charge in [0.25, 0.3) is 0 Å². The number of nitrogens with two attached hydrogens (primary N) is 1. The predicted molar refractivity (Wildman–Crippen MR) is 82.1 cm³/mol. The summed E-state index contributed by atoms with van der Waals surface area (Å²) >= 11 is 0. The Bertz CT molecular complexity index is 563. The molecule has 0 amide bonds. The molecular formula is C15H22N4O. The molecular weight excluding hydrogens is 252 g/mol. The maximum atomic E-state index is 5.88. The van der Waals surface area contributed by atoms with Gasteiger partial charge in [-0.25, -0.2) is 0 Å². The van der Waals surface area contributed by atoms with E-state index in [9.17, 15) is 0 Å². The number of aryl methyl sites for hydroxylation is 1. The van der Waals surface area contributed by atoms with Crippen LogP contribution in [0.25, 0.3) is 0 Å². The molecule has 1 aromatic heterocycles. The summed E-state index contributed by atoms with van der Waals surface area (Å²) in [6, 6.07) is 5.70. The van der Waals surface area contributed by atoms with E-state index in [1.165, 1.54) is 5.56 Å². The molecule has 3 N–H and O–H groups in total. The smallest absolute Gasteiger partial charge is 0.123 e. The molecule has 2 aromatic rings. The second kappa shape index (κ2) is 6.32. The molecule has 0 unspecified atom stereocenters. The quantitative estimate of drug-likeness (QED) is 0.795. The van der Waals surface area contributed by atoms with E-state index in [1.54, 1.807) is 0 Å². The van der Waals surface area contributed by atoms with E-state index in [4.69, 9.17) is 10.5 Å². The van der Waals surface area contributed by atoms with Crippen LogP contribution in [0.15, 0.2) is 30.6 Å². The first-order valence-corrected chi connectivity index (χ1v) is 6.83. The molecule has 0 aliphatic carbocycles. The highest BCUT2D eigenvalue weighted by Gasteiger charge is 2.02. The number of aromatic nitrogens is 2. The zero-order valence-corrected chi connectivity index (χ0v) is 12.3. The van der Waals surface area contributed by atoms with Crippen molar-refractivity contribution >= 4 is 11.4 Å². The van der Waals surface area contributed by atoms with Crippen molar-refractivity contribution in [3.63, 3.8) is 0 Å². The molecule has 5 nitrogen and oxygen atoms in total. The maximum Gasteiger partial charge on any atom is 0.123 e. The summed E-state index contributed by atoms with van der Waals surface area (Å²) in [4.78, 5) is 0. The van der Waals surface area contributed by atoms with Crippen molar-refractivity contribution in [3.8, 4) is 5.75 Å². The number of hydrogen-bond donors (Lipinski definition) is 2. The van der Waals surface area contributed by atoms with E-state index in [0.717, 1.165) is 24.5 Å². The molecule has 0 fully saturated rings. The Morgan fingerprint density at radius 2 is 2.15 bits per heavy atom. The molecule has 1 heterocycles. The lowest BCUT2D eigenvalue weighted by Gasteiger charge is -2.13. The molecule has 0 radical (unpaired) electrons. The monoisotopic (exact) mass is 274 g/mol. The highest BCUT2D eigenvalue weighted by atomic mass is 16.5. The number of nitrogen functional groups attached to an aromatic ring is 1. The van der Waals surface area contributed by atoms with Gasteiger partial charge in [0.05, 0.1) is 18.8 Å². The number of nitrogens with zero attached hydrogens (tertiary/aromatic N) is 2.